The molecule has 0 unspecified atom stereocenters. The quantitative estimate of drug-likeness (QED) is 0.807. The number of amides is 1. The van der Waals surface area contributed by atoms with Gasteiger partial charge in [0.1, 0.15) is 4.88 Å². The van der Waals surface area contributed by atoms with Crippen molar-refractivity contribution in [2.45, 2.75) is 45.3 Å². The molecule has 3 fully saturated rings. The van der Waals surface area contributed by atoms with Crippen LogP contribution < -0.4 is 5.32 Å². The highest BCUT2D eigenvalue weighted by Crippen LogP contribution is 2.55. The summed E-state index contributed by atoms with van der Waals surface area (Å²) in [5, 5.41) is 3.92. The minimum Gasteiger partial charge on any atom is -0.370 e. The largest absolute Gasteiger partial charge is 0.370 e. The van der Waals surface area contributed by atoms with Gasteiger partial charge in [0.05, 0.1) is 28.2 Å². The number of ether oxygens (including phenoxy) is 1. The zero-order valence-electron chi connectivity index (χ0n) is 15.3. The molecule has 4 rings (SSSR count). The molecule has 3 saturated heterocycles. The van der Waals surface area contributed by atoms with E-state index in [4.69, 9.17) is 4.74 Å². The number of carbonyl (C=O) groups excluding carboxylic acids is 1. The van der Waals surface area contributed by atoms with Gasteiger partial charge in [-0.05, 0) is 33.6 Å². The van der Waals surface area contributed by atoms with Gasteiger partial charge in [-0.15, -0.1) is 11.3 Å². The number of aryl methyl sites for hydroxylation is 2. The fraction of sp³-hybridized carbons (Fsp3) is 0.765. The van der Waals surface area contributed by atoms with E-state index in [-0.39, 0.29) is 35.2 Å². The average molecular weight is 400 g/mol. The van der Waals surface area contributed by atoms with Crippen LogP contribution in [0.25, 0.3) is 0 Å². The van der Waals surface area contributed by atoms with Crippen molar-refractivity contribution in [2.24, 2.45) is 11.8 Å². The Morgan fingerprint density at radius 3 is 2.88 bits per heavy atom. The number of thiazole rings is 1. The summed E-state index contributed by atoms with van der Waals surface area (Å²) in [5.74, 6) is 0.345. The first kappa shape index (κ1) is 18.3. The number of fused-ring (bicyclic) bond motifs is 1. The summed E-state index contributed by atoms with van der Waals surface area (Å²) in [4.78, 5) is 17.5. The number of rotatable bonds is 5. The van der Waals surface area contributed by atoms with Gasteiger partial charge in [-0.25, -0.2) is 13.4 Å². The van der Waals surface area contributed by atoms with Crippen molar-refractivity contribution in [3.63, 3.8) is 0 Å². The van der Waals surface area contributed by atoms with E-state index in [9.17, 15) is 13.2 Å². The normalized spacial score (nSPS) is 33.6. The van der Waals surface area contributed by atoms with Crippen LogP contribution in [-0.4, -0.2) is 60.7 Å². The monoisotopic (exact) mass is 399 g/mol. The topological polar surface area (TPSA) is 88.6 Å². The van der Waals surface area contributed by atoms with E-state index in [0.29, 0.717) is 24.5 Å². The van der Waals surface area contributed by atoms with Gasteiger partial charge in [0, 0.05) is 31.5 Å². The van der Waals surface area contributed by atoms with Crippen LogP contribution in [0.5, 0.6) is 0 Å². The lowest BCUT2D eigenvalue weighted by molar-refractivity contribution is 0.00798. The van der Waals surface area contributed by atoms with E-state index in [1.165, 1.54) is 11.3 Å². The third-order valence-corrected chi connectivity index (χ3v) is 8.99. The molecule has 1 amide bonds. The second kappa shape index (κ2) is 6.25. The Labute approximate surface area is 158 Å². The van der Waals surface area contributed by atoms with Crippen LogP contribution in [0.2, 0.25) is 0 Å². The highest BCUT2D eigenvalue weighted by Gasteiger charge is 2.64. The summed E-state index contributed by atoms with van der Waals surface area (Å²) < 4.78 is 32.4. The molecule has 0 aromatic carbocycles. The van der Waals surface area contributed by atoms with Crippen molar-refractivity contribution in [3.8, 4) is 0 Å². The second-order valence-corrected chi connectivity index (χ2v) is 11.0. The van der Waals surface area contributed by atoms with Crippen LogP contribution in [-0.2, 0) is 14.8 Å². The summed E-state index contributed by atoms with van der Waals surface area (Å²) in [7, 11) is -3.21. The van der Waals surface area contributed by atoms with Gasteiger partial charge in [0.25, 0.3) is 5.91 Å². The number of hydrogen-bond acceptors (Lipinski definition) is 6. The molecule has 26 heavy (non-hydrogen) atoms. The molecule has 3 aliphatic heterocycles. The number of hydrogen-bond donors (Lipinski definition) is 1. The standard InChI is InChI=1S/C17H25N3O4S2/c1-4-26(22,23)20-8-13-12(14-5-6-17(13,9-20)24-14)7-18-16(21)15-10(2)19-11(3)25-15/h12-14H,4-9H2,1-3H3,(H,18,21)/t12-,13+,14+,17+/m0/s1. The molecule has 2 bridgehead atoms. The Morgan fingerprint density at radius 1 is 1.46 bits per heavy atom. The van der Waals surface area contributed by atoms with Gasteiger partial charge < -0.3 is 10.1 Å². The molecule has 3 aliphatic rings. The van der Waals surface area contributed by atoms with E-state index in [2.05, 4.69) is 10.3 Å². The van der Waals surface area contributed by atoms with Crippen molar-refractivity contribution in [1.82, 2.24) is 14.6 Å². The first-order valence-corrected chi connectivity index (χ1v) is 11.6. The Balaban J connectivity index is 1.47. The predicted octanol–water partition coefficient (Wildman–Crippen LogP) is 1.32. The fourth-order valence-corrected chi connectivity index (χ4v) is 6.85. The maximum absolute atomic E-state index is 12.5. The SMILES string of the molecule is CCS(=O)(=O)N1C[C@@H]2[C@H](CNC(=O)c3sc(C)nc3C)[C@H]3CC[C@]2(C1)O3. The lowest BCUT2D eigenvalue weighted by atomic mass is 9.73. The highest BCUT2D eigenvalue weighted by atomic mass is 32.2. The molecule has 7 nitrogen and oxygen atoms in total. The number of sulfonamides is 1. The van der Waals surface area contributed by atoms with Gasteiger partial charge in [-0.2, -0.15) is 4.31 Å². The Kier molecular flexibility index (Phi) is 4.41. The molecule has 1 aromatic rings. The van der Waals surface area contributed by atoms with Gasteiger partial charge in [0.2, 0.25) is 10.0 Å². The Hall–Kier alpha value is -1.03. The van der Waals surface area contributed by atoms with Crippen LogP contribution in [0.15, 0.2) is 0 Å². The van der Waals surface area contributed by atoms with Crippen LogP contribution in [0.3, 0.4) is 0 Å². The first-order valence-electron chi connectivity index (χ1n) is 9.13. The molecule has 4 atom stereocenters. The lowest BCUT2D eigenvalue weighted by Gasteiger charge is -2.29. The molecule has 4 heterocycles. The average Bonchev–Trinajstić information content (AvgIpc) is 3.31. The third-order valence-electron chi connectivity index (χ3n) is 6.12. The van der Waals surface area contributed by atoms with Gasteiger partial charge in [0.15, 0.2) is 0 Å². The van der Waals surface area contributed by atoms with Crippen LogP contribution in [0.1, 0.15) is 40.1 Å². The molecule has 0 saturated carbocycles. The smallest absolute Gasteiger partial charge is 0.263 e. The Bertz CT molecular complexity index is 837. The van der Waals surface area contributed by atoms with Gasteiger partial charge in [-0.1, -0.05) is 0 Å². The van der Waals surface area contributed by atoms with Gasteiger partial charge >= 0.3 is 0 Å². The first-order chi connectivity index (χ1) is 12.3. The van der Waals surface area contributed by atoms with E-state index in [1.54, 1.807) is 11.2 Å². The van der Waals surface area contributed by atoms with E-state index in [0.717, 1.165) is 23.5 Å². The minimum absolute atomic E-state index is 0.0963. The maximum Gasteiger partial charge on any atom is 0.263 e. The molecule has 1 spiro atoms. The Morgan fingerprint density at radius 2 is 2.23 bits per heavy atom. The number of carbonyl (C=O) groups is 1. The van der Waals surface area contributed by atoms with Crippen molar-refractivity contribution in [1.29, 1.82) is 0 Å². The van der Waals surface area contributed by atoms with Crippen LogP contribution >= 0.6 is 11.3 Å². The van der Waals surface area contributed by atoms with Crippen molar-refractivity contribution >= 4 is 27.3 Å². The summed E-state index contributed by atoms with van der Waals surface area (Å²) >= 11 is 1.40. The van der Waals surface area contributed by atoms with Gasteiger partial charge in [-0.3, -0.25) is 4.79 Å². The number of nitrogens with zero attached hydrogens (tertiary/aromatic N) is 2. The molecule has 9 heteroatoms. The number of nitrogens with one attached hydrogen (secondary N) is 1. The highest BCUT2D eigenvalue weighted by molar-refractivity contribution is 7.89. The lowest BCUT2D eigenvalue weighted by Crippen LogP contribution is -2.41. The van der Waals surface area contributed by atoms with Crippen molar-refractivity contribution < 1.29 is 17.9 Å². The molecule has 0 radical (unpaired) electrons. The summed E-state index contributed by atoms with van der Waals surface area (Å²) in [6.07, 6.45) is 1.97. The van der Waals surface area contributed by atoms with Crippen LogP contribution in [0.4, 0.5) is 0 Å². The fourth-order valence-electron chi connectivity index (χ4n) is 4.85. The molecular formula is C17H25N3O4S2. The maximum atomic E-state index is 12.5. The zero-order chi connectivity index (χ0) is 18.7. The molecule has 1 N–H and O–H groups in total. The summed E-state index contributed by atoms with van der Waals surface area (Å²) in [6, 6.07) is 0. The summed E-state index contributed by atoms with van der Waals surface area (Å²) in [6.45, 7) is 6.90. The zero-order valence-corrected chi connectivity index (χ0v) is 17.0. The van der Waals surface area contributed by atoms with E-state index >= 15 is 0 Å². The minimum atomic E-state index is -3.21. The second-order valence-electron chi connectivity index (χ2n) is 7.58. The van der Waals surface area contributed by atoms with Crippen molar-refractivity contribution in [2.75, 3.05) is 25.4 Å². The van der Waals surface area contributed by atoms with E-state index < -0.39 is 10.0 Å². The predicted molar refractivity (Wildman–Crippen MR) is 98.8 cm³/mol. The molecule has 1 aromatic heterocycles. The third kappa shape index (κ3) is 2.80. The number of aromatic nitrogens is 1. The molecule has 0 aliphatic carbocycles. The van der Waals surface area contributed by atoms with Crippen molar-refractivity contribution in [3.05, 3.63) is 15.6 Å². The van der Waals surface area contributed by atoms with E-state index in [1.807, 2.05) is 13.8 Å². The molecule has 144 valence electrons. The van der Waals surface area contributed by atoms with Crippen LogP contribution in [0, 0.1) is 25.7 Å². The summed E-state index contributed by atoms with van der Waals surface area (Å²) in [5.41, 5.74) is 0.408. The molecular weight excluding hydrogens is 374 g/mol.